The normalized spacial score (nSPS) is 10.3. The topological polar surface area (TPSA) is 90.3 Å². The molecule has 0 aliphatic heterocycles. The molecule has 3 rings (SSSR count). The Balaban J connectivity index is 1.58. The number of thiophene rings is 1. The van der Waals surface area contributed by atoms with E-state index in [0.29, 0.717) is 22.9 Å². The third-order valence-corrected chi connectivity index (χ3v) is 4.07. The van der Waals surface area contributed by atoms with Crippen LogP contribution in [0.3, 0.4) is 0 Å². The SMILES string of the molecule is COc1ccc(NC(=O)NCc2cn(-c3ccsc3)nn2)c(OC)c1. The molecule has 0 radical (unpaired) electrons. The Morgan fingerprint density at radius 1 is 1.28 bits per heavy atom. The fourth-order valence-electron chi connectivity index (χ4n) is 2.13. The number of nitrogens with one attached hydrogen (secondary N) is 2. The number of carbonyl (C=O) groups is 1. The average molecular weight is 359 g/mol. The predicted octanol–water partition coefficient (Wildman–Crippen LogP) is 2.67. The first-order valence-corrected chi connectivity index (χ1v) is 8.34. The number of anilines is 1. The molecule has 0 saturated heterocycles. The number of methoxy groups -OCH3 is 2. The zero-order valence-corrected chi connectivity index (χ0v) is 14.5. The van der Waals surface area contributed by atoms with Crippen molar-refractivity contribution in [3.63, 3.8) is 0 Å². The fraction of sp³-hybridized carbons (Fsp3) is 0.188. The number of aromatic nitrogens is 3. The monoisotopic (exact) mass is 359 g/mol. The first kappa shape index (κ1) is 16.8. The van der Waals surface area contributed by atoms with Crippen molar-refractivity contribution < 1.29 is 14.3 Å². The van der Waals surface area contributed by atoms with Gasteiger partial charge in [-0.25, -0.2) is 9.48 Å². The quantitative estimate of drug-likeness (QED) is 0.706. The lowest BCUT2D eigenvalue weighted by molar-refractivity contribution is 0.251. The van der Waals surface area contributed by atoms with E-state index in [1.807, 2.05) is 16.8 Å². The Bertz CT molecular complexity index is 847. The van der Waals surface area contributed by atoms with Gasteiger partial charge in [-0.1, -0.05) is 5.21 Å². The van der Waals surface area contributed by atoms with Crippen LogP contribution >= 0.6 is 11.3 Å². The summed E-state index contributed by atoms with van der Waals surface area (Å²) in [5.41, 5.74) is 2.14. The van der Waals surface area contributed by atoms with E-state index in [2.05, 4.69) is 20.9 Å². The van der Waals surface area contributed by atoms with Crippen molar-refractivity contribution in [2.24, 2.45) is 0 Å². The maximum atomic E-state index is 12.1. The van der Waals surface area contributed by atoms with E-state index in [1.54, 1.807) is 47.5 Å². The standard InChI is InChI=1S/C16H17N5O3S/c1-23-13-3-4-14(15(7-13)24-2)18-16(22)17-8-11-9-21(20-19-11)12-5-6-25-10-12/h3-7,9-10H,8H2,1-2H3,(H2,17,18,22). The van der Waals surface area contributed by atoms with Gasteiger partial charge in [0.1, 0.15) is 17.2 Å². The molecule has 2 heterocycles. The Kier molecular flexibility index (Phi) is 5.14. The highest BCUT2D eigenvalue weighted by Gasteiger charge is 2.10. The van der Waals surface area contributed by atoms with Crippen LogP contribution in [0.5, 0.6) is 11.5 Å². The van der Waals surface area contributed by atoms with E-state index in [-0.39, 0.29) is 12.6 Å². The second kappa shape index (κ2) is 7.67. The van der Waals surface area contributed by atoms with Crippen LogP contribution in [0.15, 0.2) is 41.2 Å². The van der Waals surface area contributed by atoms with Crippen LogP contribution in [-0.4, -0.2) is 35.2 Å². The van der Waals surface area contributed by atoms with Gasteiger partial charge in [0.2, 0.25) is 0 Å². The van der Waals surface area contributed by atoms with E-state index in [4.69, 9.17) is 9.47 Å². The van der Waals surface area contributed by atoms with Gasteiger partial charge >= 0.3 is 6.03 Å². The highest BCUT2D eigenvalue weighted by molar-refractivity contribution is 7.08. The highest BCUT2D eigenvalue weighted by atomic mass is 32.1. The number of benzene rings is 1. The van der Waals surface area contributed by atoms with E-state index in [0.717, 1.165) is 5.69 Å². The molecule has 0 aliphatic rings. The van der Waals surface area contributed by atoms with E-state index in [9.17, 15) is 4.79 Å². The number of nitrogens with zero attached hydrogens (tertiary/aromatic N) is 3. The predicted molar refractivity (Wildman–Crippen MR) is 94.6 cm³/mol. The van der Waals surface area contributed by atoms with E-state index < -0.39 is 0 Å². The molecule has 130 valence electrons. The van der Waals surface area contributed by atoms with Crippen molar-refractivity contribution in [3.8, 4) is 17.2 Å². The smallest absolute Gasteiger partial charge is 0.319 e. The maximum Gasteiger partial charge on any atom is 0.319 e. The first-order chi connectivity index (χ1) is 12.2. The molecule has 2 aromatic heterocycles. The Morgan fingerprint density at radius 2 is 2.16 bits per heavy atom. The minimum absolute atomic E-state index is 0.258. The van der Waals surface area contributed by atoms with Crippen molar-refractivity contribution >= 4 is 23.1 Å². The van der Waals surface area contributed by atoms with Crippen molar-refractivity contribution in [1.29, 1.82) is 0 Å². The van der Waals surface area contributed by atoms with Crippen molar-refractivity contribution in [2.75, 3.05) is 19.5 Å². The fourth-order valence-corrected chi connectivity index (χ4v) is 2.75. The molecule has 3 aromatic rings. The van der Waals surface area contributed by atoms with Gasteiger partial charge in [-0.15, -0.1) is 5.10 Å². The summed E-state index contributed by atoms with van der Waals surface area (Å²) in [5.74, 6) is 1.16. The van der Waals surface area contributed by atoms with E-state index in [1.165, 1.54) is 7.11 Å². The molecule has 0 bridgehead atoms. The Morgan fingerprint density at radius 3 is 2.88 bits per heavy atom. The van der Waals surface area contributed by atoms with Gasteiger partial charge in [-0.2, -0.15) is 11.3 Å². The lowest BCUT2D eigenvalue weighted by atomic mass is 10.2. The van der Waals surface area contributed by atoms with Crippen molar-refractivity contribution in [2.45, 2.75) is 6.54 Å². The van der Waals surface area contributed by atoms with Crippen molar-refractivity contribution in [3.05, 3.63) is 46.9 Å². The summed E-state index contributed by atoms with van der Waals surface area (Å²) in [6, 6.07) is 6.73. The number of ether oxygens (including phenoxy) is 2. The van der Waals surface area contributed by atoms with Crippen LogP contribution in [-0.2, 0) is 6.54 Å². The zero-order chi connectivity index (χ0) is 17.6. The first-order valence-electron chi connectivity index (χ1n) is 7.40. The average Bonchev–Trinajstić information content (AvgIpc) is 3.31. The van der Waals surface area contributed by atoms with Crippen LogP contribution in [0.4, 0.5) is 10.5 Å². The van der Waals surface area contributed by atoms with Gasteiger partial charge in [0.15, 0.2) is 0 Å². The van der Waals surface area contributed by atoms with E-state index >= 15 is 0 Å². The minimum atomic E-state index is -0.367. The third-order valence-electron chi connectivity index (χ3n) is 3.40. The highest BCUT2D eigenvalue weighted by Crippen LogP contribution is 2.28. The third kappa shape index (κ3) is 4.07. The summed E-state index contributed by atoms with van der Waals surface area (Å²) in [5, 5.41) is 17.5. The number of hydrogen-bond donors (Lipinski definition) is 2. The number of rotatable bonds is 6. The van der Waals surface area contributed by atoms with Crippen LogP contribution in [0.2, 0.25) is 0 Å². The molecule has 0 atom stereocenters. The van der Waals surface area contributed by atoms with Gasteiger partial charge in [-0.3, -0.25) is 0 Å². The molecule has 0 saturated carbocycles. The zero-order valence-electron chi connectivity index (χ0n) is 13.7. The number of carbonyl (C=O) groups excluding carboxylic acids is 1. The number of hydrogen-bond acceptors (Lipinski definition) is 6. The molecule has 8 nitrogen and oxygen atoms in total. The molecular formula is C16H17N5O3S. The van der Waals surface area contributed by atoms with Gasteiger partial charge in [0.25, 0.3) is 0 Å². The van der Waals surface area contributed by atoms with Crippen LogP contribution in [0.1, 0.15) is 5.69 Å². The Labute approximate surface area is 148 Å². The maximum absolute atomic E-state index is 12.1. The van der Waals surface area contributed by atoms with Crippen LogP contribution in [0, 0.1) is 0 Å². The molecule has 0 aliphatic carbocycles. The lowest BCUT2D eigenvalue weighted by Crippen LogP contribution is -2.28. The number of amides is 2. The minimum Gasteiger partial charge on any atom is -0.497 e. The molecule has 1 aromatic carbocycles. The lowest BCUT2D eigenvalue weighted by Gasteiger charge is -2.11. The molecular weight excluding hydrogens is 342 g/mol. The van der Waals surface area contributed by atoms with Crippen LogP contribution in [0.25, 0.3) is 5.69 Å². The Hall–Kier alpha value is -3.07. The number of urea groups is 1. The molecule has 25 heavy (non-hydrogen) atoms. The summed E-state index contributed by atoms with van der Waals surface area (Å²) in [6.45, 7) is 0.258. The molecule has 0 unspecified atom stereocenters. The van der Waals surface area contributed by atoms with Gasteiger partial charge in [-0.05, 0) is 23.6 Å². The molecule has 9 heteroatoms. The molecule has 2 amide bonds. The van der Waals surface area contributed by atoms with Crippen LogP contribution < -0.4 is 20.1 Å². The molecule has 0 fully saturated rings. The summed E-state index contributed by atoms with van der Waals surface area (Å²) < 4.78 is 12.0. The van der Waals surface area contributed by atoms with Gasteiger partial charge < -0.3 is 20.1 Å². The molecule has 0 spiro atoms. The summed E-state index contributed by atoms with van der Waals surface area (Å²) in [7, 11) is 3.10. The molecule has 2 N–H and O–H groups in total. The summed E-state index contributed by atoms with van der Waals surface area (Å²) in [6.07, 6.45) is 1.77. The second-order valence-corrected chi connectivity index (χ2v) is 5.79. The summed E-state index contributed by atoms with van der Waals surface area (Å²) in [4.78, 5) is 12.1. The van der Waals surface area contributed by atoms with Gasteiger partial charge in [0.05, 0.1) is 38.3 Å². The second-order valence-electron chi connectivity index (χ2n) is 5.01. The largest absolute Gasteiger partial charge is 0.497 e. The summed E-state index contributed by atoms with van der Waals surface area (Å²) >= 11 is 1.58. The van der Waals surface area contributed by atoms with Gasteiger partial charge in [0, 0.05) is 11.4 Å². The van der Waals surface area contributed by atoms with Crippen molar-refractivity contribution in [1.82, 2.24) is 20.3 Å².